The van der Waals surface area contributed by atoms with Crippen LogP contribution in [-0.4, -0.2) is 55.6 Å². The Hall–Kier alpha value is -1.97. The monoisotopic (exact) mass is 471 g/mol. The fourth-order valence-electron chi connectivity index (χ4n) is 3.49. The quantitative estimate of drug-likeness (QED) is 0.278. The molecule has 0 aliphatic heterocycles. The number of ether oxygens (including phenoxy) is 1. The molecular formula is C23H37NO7S. The molecule has 0 unspecified atom stereocenters. The molecule has 4 atom stereocenters. The van der Waals surface area contributed by atoms with E-state index in [1.54, 1.807) is 16.9 Å². The van der Waals surface area contributed by atoms with Gasteiger partial charge in [-0.05, 0) is 52.4 Å². The normalized spacial score (nSPS) is 22.4. The SMILES string of the molecule is CC(C)=CCC[C@H](O)C=C[C@H]1[C@H](O)CC(=O)[C@@H]1CC=CCCCCOC(=O)NS(C)(=O)=O. The zero-order chi connectivity index (χ0) is 24.1. The van der Waals surface area contributed by atoms with E-state index < -0.39 is 28.3 Å². The highest BCUT2D eigenvalue weighted by Crippen LogP contribution is 2.33. The smallest absolute Gasteiger partial charge is 0.420 e. The van der Waals surface area contributed by atoms with Crippen LogP contribution in [-0.2, 0) is 19.6 Å². The van der Waals surface area contributed by atoms with Crippen molar-refractivity contribution in [1.82, 2.24) is 4.72 Å². The second-order valence-electron chi connectivity index (χ2n) is 8.45. The molecule has 8 nitrogen and oxygen atoms in total. The summed E-state index contributed by atoms with van der Waals surface area (Å²) in [4.78, 5) is 23.5. The van der Waals surface area contributed by atoms with Crippen LogP contribution in [0.15, 0.2) is 36.0 Å². The standard InChI is InChI=1S/C23H37NO7S/c1-17(2)10-9-11-18(25)13-14-20-19(21(26)16-22(20)27)12-7-5-4-6-8-15-31-23(28)24-32(3,29)30/h5,7,10,13-14,18-20,22,25,27H,4,6,8-9,11-12,15-16H2,1-3H3,(H,24,28)/t18-,19+,20+,22+/m0/s1. The van der Waals surface area contributed by atoms with Crippen molar-refractivity contribution in [2.45, 2.75) is 71.0 Å². The minimum absolute atomic E-state index is 0.0288. The van der Waals surface area contributed by atoms with E-state index in [-0.39, 0.29) is 30.6 Å². The number of amides is 1. The number of aliphatic hydroxyl groups excluding tert-OH is 2. The molecule has 0 saturated heterocycles. The van der Waals surface area contributed by atoms with Gasteiger partial charge in [-0.25, -0.2) is 17.9 Å². The van der Waals surface area contributed by atoms with Crippen molar-refractivity contribution in [3.63, 3.8) is 0 Å². The summed E-state index contributed by atoms with van der Waals surface area (Å²) in [7, 11) is -3.62. The maximum absolute atomic E-state index is 12.3. The summed E-state index contributed by atoms with van der Waals surface area (Å²) < 4.78 is 28.3. The molecule has 182 valence electrons. The molecule has 0 spiro atoms. The maximum atomic E-state index is 12.3. The fourth-order valence-corrected chi connectivity index (χ4v) is 3.86. The average molecular weight is 472 g/mol. The van der Waals surface area contributed by atoms with E-state index >= 15 is 0 Å². The van der Waals surface area contributed by atoms with E-state index in [0.717, 1.165) is 25.5 Å². The molecule has 1 rings (SSSR count). The Labute approximate surface area is 191 Å². The molecule has 1 saturated carbocycles. The zero-order valence-corrected chi connectivity index (χ0v) is 20.0. The predicted octanol–water partition coefficient (Wildman–Crippen LogP) is 3.02. The lowest BCUT2D eigenvalue weighted by Crippen LogP contribution is -2.30. The highest BCUT2D eigenvalue weighted by atomic mass is 32.2. The highest BCUT2D eigenvalue weighted by Gasteiger charge is 2.39. The van der Waals surface area contributed by atoms with Gasteiger partial charge in [0.2, 0.25) is 10.0 Å². The minimum atomic E-state index is -3.62. The number of unbranched alkanes of at least 4 members (excludes halogenated alkanes) is 2. The molecule has 9 heteroatoms. The fraction of sp³-hybridized carbons (Fsp3) is 0.652. The summed E-state index contributed by atoms with van der Waals surface area (Å²) in [6, 6.07) is 0. The van der Waals surface area contributed by atoms with Gasteiger partial charge in [-0.3, -0.25) is 4.79 Å². The van der Waals surface area contributed by atoms with Gasteiger partial charge in [-0.1, -0.05) is 36.0 Å². The van der Waals surface area contributed by atoms with Gasteiger partial charge < -0.3 is 14.9 Å². The number of Topliss-reactive ketones (excluding diaryl/α,β-unsaturated/α-hetero) is 1. The average Bonchev–Trinajstić information content (AvgIpc) is 2.93. The molecule has 0 bridgehead atoms. The van der Waals surface area contributed by atoms with E-state index in [0.29, 0.717) is 19.3 Å². The molecule has 1 aliphatic rings. The summed E-state index contributed by atoms with van der Waals surface area (Å²) in [6.07, 6.45) is 12.0. The van der Waals surface area contributed by atoms with Gasteiger partial charge in [0, 0.05) is 18.3 Å². The first kappa shape index (κ1) is 28.1. The molecule has 1 fully saturated rings. The van der Waals surface area contributed by atoms with Gasteiger partial charge in [-0.15, -0.1) is 0 Å². The van der Waals surface area contributed by atoms with Crippen molar-refractivity contribution < 1.29 is 33.0 Å². The van der Waals surface area contributed by atoms with E-state index in [1.165, 1.54) is 5.57 Å². The van der Waals surface area contributed by atoms with Crippen LogP contribution in [0.3, 0.4) is 0 Å². The van der Waals surface area contributed by atoms with Crippen LogP contribution in [0.1, 0.15) is 58.8 Å². The Balaban J connectivity index is 2.36. The van der Waals surface area contributed by atoms with Crippen LogP contribution in [0.25, 0.3) is 0 Å². The number of sulfonamides is 1. The van der Waals surface area contributed by atoms with Crippen molar-refractivity contribution in [1.29, 1.82) is 0 Å². The summed E-state index contributed by atoms with van der Waals surface area (Å²) in [5.74, 6) is -0.571. The number of hydrogen-bond acceptors (Lipinski definition) is 7. The van der Waals surface area contributed by atoms with Gasteiger partial charge in [0.05, 0.1) is 25.1 Å². The van der Waals surface area contributed by atoms with Crippen LogP contribution in [0.5, 0.6) is 0 Å². The molecule has 3 N–H and O–H groups in total. The van der Waals surface area contributed by atoms with Crippen molar-refractivity contribution in [3.05, 3.63) is 36.0 Å². The lowest BCUT2D eigenvalue weighted by molar-refractivity contribution is -0.121. The van der Waals surface area contributed by atoms with Crippen molar-refractivity contribution in [3.8, 4) is 0 Å². The lowest BCUT2D eigenvalue weighted by Gasteiger charge is -2.16. The van der Waals surface area contributed by atoms with Crippen LogP contribution < -0.4 is 4.72 Å². The lowest BCUT2D eigenvalue weighted by atomic mass is 9.90. The number of nitrogens with one attached hydrogen (secondary N) is 1. The van der Waals surface area contributed by atoms with Crippen LogP contribution in [0, 0.1) is 11.8 Å². The second-order valence-corrected chi connectivity index (χ2v) is 10.2. The van der Waals surface area contributed by atoms with Crippen molar-refractivity contribution in [2.24, 2.45) is 11.8 Å². The Morgan fingerprint density at radius 3 is 2.62 bits per heavy atom. The molecule has 32 heavy (non-hydrogen) atoms. The molecule has 0 aromatic heterocycles. The topological polar surface area (TPSA) is 130 Å². The first-order valence-corrected chi connectivity index (χ1v) is 12.9. The van der Waals surface area contributed by atoms with E-state index in [4.69, 9.17) is 4.74 Å². The van der Waals surface area contributed by atoms with E-state index in [1.807, 2.05) is 26.0 Å². The van der Waals surface area contributed by atoms with Crippen LogP contribution in [0.4, 0.5) is 4.79 Å². The third-order valence-electron chi connectivity index (χ3n) is 5.13. The molecular weight excluding hydrogens is 434 g/mol. The van der Waals surface area contributed by atoms with Gasteiger partial charge >= 0.3 is 6.09 Å². The molecule has 1 amide bonds. The third kappa shape index (κ3) is 12.2. The van der Waals surface area contributed by atoms with Crippen molar-refractivity contribution >= 4 is 21.9 Å². The van der Waals surface area contributed by atoms with Crippen molar-refractivity contribution in [2.75, 3.05) is 12.9 Å². The summed E-state index contributed by atoms with van der Waals surface area (Å²) in [5.41, 5.74) is 1.20. The first-order chi connectivity index (χ1) is 15.0. The third-order valence-corrected chi connectivity index (χ3v) is 5.66. The number of aliphatic hydroxyl groups is 2. The van der Waals surface area contributed by atoms with Gasteiger partial charge in [0.15, 0.2) is 0 Å². The summed E-state index contributed by atoms with van der Waals surface area (Å²) in [6.45, 7) is 4.13. The number of carbonyl (C=O) groups is 2. The van der Waals surface area contributed by atoms with Gasteiger partial charge in [0.25, 0.3) is 0 Å². The molecule has 0 heterocycles. The van der Waals surface area contributed by atoms with E-state index in [9.17, 15) is 28.2 Å². The molecule has 0 aromatic carbocycles. The predicted molar refractivity (Wildman–Crippen MR) is 123 cm³/mol. The largest absolute Gasteiger partial charge is 0.449 e. The Morgan fingerprint density at radius 1 is 1.25 bits per heavy atom. The number of rotatable bonds is 13. The Kier molecular flexibility index (Phi) is 12.5. The van der Waals surface area contributed by atoms with Crippen LogP contribution in [0.2, 0.25) is 0 Å². The Bertz CT molecular complexity index is 797. The molecule has 1 aliphatic carbocycles. The highest BCUT2D eigenvalue weighted by molar-refractivity contribution is 7.89. The number of ketones is 1. The number of hydrogen-bond donors (Lipinski definition) is 3. The summed E-state index contributed by atoms with van der Waals surface area (Å²) >= 11 is 0. The van der Waals surface area contributed by atoms with Gasteiger partial charge in [-0.2, -0.15) is 0 Å². The number of carbonyl (C=O) groups excluding carboxylic acids is 2. The zero-order valence-electron chi connectivity index (χ0n) is 19.2. The Morgan fingerprint density at radius 2 is 1.97 bits per heavy atom. The molecule has 0 aromatic rings. The van der Waals surface area contributed by atoms with Crippen LogP contribution >= 0.6 is 0 Å². The maximum Gasteiger partial charge on any atom is 0.420 e. The van der Waals surface area contributed by atoms with Gasteiger partial charge in [0.1, 0.15) is 5.78 Å². The molecule has 0 radical (unpaired) electrons. The number of allylic oxidation sites excluding steroid dienone is 4. The first-order valence-electron chi connectivity index (χ1n) is 11.0. The minimum Gasteiger partial charge on any atom is -0.449 e. The summed E-state index contributed by atoms with van der Waals surface area (Å²) in [5, 5.41) is 20.3. The second kappa shape index (κ2) is 14.2. The van der Waals surface area contributed by atoms with E-state index in [2.05, 4.69) is 6.08 Å².